The van der Waals surface area contributed by atoms with Crippen molar-refractivity contribution in [1.29, 1.82) is 0 Å². The van der Waals surface area contributed by atoms with Gasteiger partial charge in [-0.15, -0.1) is 0 Å². The van der Waals surface area contributed by atoms with Crippen molar-refractivity contribution in [3.63, 3.8) is 0 Å². The highest BCUT2D eigenvalue weighted by atomic mass is 16.1. The summed E-state index contributed by atoms with van der Waals surface area (Å²) in [5.41, 5.74) is 9.37. The van der Waals surface area contributed by atoms with E-state index in [-0.39, 0.29) is 11.6 Å². The third-order valence-corrected chi connectivity index (χ3v) is 3.90. The van der Waals surface area contributed by atoms with Gasteiger partial charge in [0.05, 0.1) is 5.56 Å². The van der Waals surface area contributed by atoms with Gasteiger partial charge in [-0.25, -0.2) is 9.97 Å². The van der Waals surface area contributed by atoms with Crippen molar-refractivity contribution in [2.24, 2.45) is 0 Å². The average molecular weight is 310 g/mol. The lowest BCUT2D eigenvalue weighted by atomic mass is 10.1. The van der Waals surface area contributed by atoms with Crippen molar-refractivity contribution < 1.29 is 4.79 Å². The summed E-state index contributed by atoms with van der Waals surface area (Å²) in [6, 6.07) is 7.17. The van der Waals surface area contributed by atoms with E-state index in [4.69, 9.17) is 5.73 Å². The molecule has 1 radical (unpaired) electrons. The Bertz CT molecular complexity index is 708. The lowest BCUT2D eigenvalue weighted by Crippen LogP contribution is -2.28. The molecule has 2 aromatic rings. The highest BCUT2D eigenvalue weighted by Gasteiger charge is 2.17. The largest absolute Gasteiger partial charge is 0.355 e. The number of ketones is 1. The number of aromatic nitrogens is 2. The molecule has 3 rings (SSSR count). The minimum absolute atomic E-state index is 0.00762. The monoisotopic (exact) mass is 310 g/mol. The number of anilines is 1. The summed E-state index contributed by atoms with van der Waals surface area (Å²) < 4.78 is 0. The lowest BCUT2D eigenvalue weighted by Gasteiger charge is -2.21. The summed E-state index contributed by atoms with van der Waals surface area (Å²) in [4.78, 5) is 23.3. The Morgan fingerprint density at radius 2 is 2.17 bits per heavy atom. The predicted molar refractivity (Wildman–Crippen MR) is 89.1 cm³/mol. The lowest BCUT2D eigenvalue weighted by molar-refractivity contribution is 0.103. The molecule has 1 aliphatic rings. The molecule has 23 heavy (non-hydrogen) atoms. The standard InChI is InChI=1S/C17H20N5O/c1-12-10-13(17(18)20-11-12)16(23)14-4-2-5-15(21-14)22-8-3-6-19-7-9-22/h2,4-5,10-11,18-19H,3,6-9H2,1H3. The van der Waals surface area contributed by atoms with Gasteiger partial charge >= 0.3 is 0 Å². The van der Waals surface area contributed by atoms with Crippen molar-refractivity contribution >= 4 is 17.4 Å². The molecule has 1 aliphatic heterocycles. The minimum atomic E-state index is -0.249. The highest BCUT2D eigenvalue weighted by Crippen LogP contribution is 2.19. The first kappa shape index (κ1) is 15.4. The first-order valence-electron chi connectivity index (χ1n) is 7.81. The smallest absolute Gasteiger partial charge is 0.215 e. The Hall–Kier alpha value is -2.47. The summed E-state index contributed by atoms with van der Waals surface area (Å²) >= 11 is 0. The third-order valence-electron chi connectivity index (χ3n) is 3.90. The second kappa shape index (κ2) is 6.75. The fourth-order valence-electron chi connectivity index (χ4n) is 2.68. The summed E-state index contributed by atoms with van der Waals surface area (Å²) in [6.07, 6.45) is 2.64. The van der Waals surface area contributed by atoms with Gasteiger partial charge in [-0.2, -0.15) is 0 Å². The van der Waals surface area contributed by atoms with Crippen LogP contribution in [0.15, 0.2) is 30.5 Å². The molecular formula is C17H20N5O. The molecule has 6 heteroatoms. The van der Waals surface area contributed by atoms with Gasteiger partial charge in [0.15, 0.2) is 5.82 Å². The number of hydrogen-bond acceptors (Lipinski definition) is 5. The fraction of sp³-hybridized carbons (Fsp3) is 0.353. The van der Waals surface area contributed by atoms with Gasteiger partial charge in [-0.3, -0.25) is 10.5 Å². The quantitative estimate of drug-likeness (QED) is 0.873. The van der Waals surface area contributed by atoms with Gasteiger partial charge in [0.2, 0.25) is 5.78 Å². The maximum Gasteiger partial charge on any atom is 0.215 e. The number of carbonyl (C=O) groups excluding carboxylic acids is 1. The van der Waals surface area contributed by atoms with Crippen molar-refractivity contribution in [2.75, 3.05) is 31.1 Å². The number of aryl methyl sites for hydroxylation is 1. The van der Waals surface area contributed by atoms with Crippen LogP contribution >= 0.6 is 0 Å². The zero-order chi connectivity index (χ0) is 16.2. The van der Waals surface area contributed by atoms with E-state index in [1.165, 1.54) is 0 Å². The van der Waals surface area contributed by atoms with E-state index in [0.717, 1.165) is 44.0 Å². The maximum absolute atomic E-state index is 12.7. The van der Waals surface area contributed by atoms with E-state index in [1.807, 2.05) is 19.1 Å². The number of carbonyl (C=O) groups is 1. The first-order valence-corrected chi connectivity index (χ1v) is 7.81. The van der Waals surface area contributed by atoms with E-state index in [2.05, 4.69) is 20.2 Å². The Balaban J connectivity index is 1.89. The summed E-state index contributed by atoms with van der Waals surface area (Å²) in [5, 5.41) is 3.35. The molecule has 6 nitrogen and oxygen atoms in total. The Morgan fingerprint density at radius 3 is 3.04 bits per heavy atom. The average Bonchev–Trinajstić information content (AvgIpc) is 2.86. The fourth-order valence-corrected chi connectivity index (χ4v) is 2.68. The van der Waals surface area contributed by atoms with Crippen LogP contribution in [-0.2, 0) is 0 Å². The van der Waals surface area contributed by atoms with E-state index in [0.29, 0.717) is 11.3 Å². The maximum atomic E-state index is 12.7. The van der Waals surface area contributed by atoms with Crippen molar-refractivity contribution in [1.82, 2.24) is 21.0 Å². The number of pyridine rings is 2. The molecule has 0 aliphatic carbocycles. The van der Waals surface area contributed by atoms with Crippen LogP contribution in [0.1, 0.15) is 28.0 Å². The first-order chi connectivity index (χ1) is 11.1. The second-order valence-corrected chi connectivity index (χ2v) is 5.71. The summed E-state index contributed by atoms with van der Waals surface area (Å²) in [6.45, 7) is 5.58. The van der Waals surface area contributed by atoms with E-state index in [1.54, 1.807) is 18.3 Å². The van der Waals surface area contributed by atoms with Crippen molar-refractivity contribution in [2.45, 2.75) is 13.3 Å². The number of rotatable bonds is 3. The Labute approximate surface area is 135 Å². The second-order valence-electron chi connectivity index (χ2n) is 5.71. The molecule has 1 saturated heterocycles. The molecular weight excluding hydrogens is 290 g/mol. The molecule has 2 aromatic heterocycles. The van der Waals surface area contributed by atoms with Crippen molar-refractivity contribution in [3.05, 3.63) is 47.3 Å². The number of nitrogens with zero attached hydrogens (tertiary/aromatic N) is 3. The Kier molecular flexibility index (Phi) is 4.52. The van der Waals surface area contributed by atoms with Gasteiger partial charge in [0.25, 0.3) is 0 Å². The van der Waals surface area contributed by atoms with Crippen LogP contribution in [-0.4, -0.2) is 41.9 Å². The van der Waals surface area contributed by atoms with Crippen LogP contribution in [0.2, 0.25) is 0 Å². The van der Waals surface area contributed by atoms with Crippen LogP contribution in [0.3, 0.4) is 0 Å². The van der Waals surface area contributed by atoms with E-state index < -0.39 is 0 Å². The molecule has 0 bridgehead atoms. The molecule has 3 heterocycles. The molecule has 2 N–H and O–H groups in total. The molecule has 1 fully saturated rings. The molecule has 0 aromatic carbocycles. The predicted octanol–water partition coefficient (Wildman–Crippen LogP) is 1.73. The van der Waals surface area contributed by atoms with Gasteiger partial charge < -0.3 is 10.2 Å². The van der Waals surface area contributed by atoms with Crippen LogP contribution in [0.25, 0.3) is 0 Å². The number of hydrogen-bond donors (Lipinski definition) is 1. The zero-order valence-electron chi connectivity index (χ0n) is 13.2. The van der Waals surface area contributed by atoms with Crippen molar-refractivity contribution in [3.8, 4) is 0 Å². The minimum Gasteiger partial charge on any atom is -0.355 e. The van der Waals surface area contributed by atoms with Gasteiger partial charge in [-0.05, 0) is 43.7 Å². The molecule has 119 valence electrons. The molecule has 0 unspecified atom stereocenters. The van der Waals surface area contributed by atoms with E-state index in [9.17, 15) is 4.79 Å². The number of nitrogens with one attached hydrogen (secondary N) is 2. The summed E-state index contributed by atoms with van der Waals surface area (Å²) in [5.74, 6) is 0.555. The third kappa shape index (κ3) is 3.48. The van der Waals surface area contributed by atoms with Crippen LogP contribution in [0, 0.1) is 6.92 Å². The van der Waals surface area contributed by atoms with Crippen LogP contribution in [0.4, 0.5) is 11.6 Å². The van der Waals surface area contributed by atoms with Gasteiger partial charge in [-0.1, -0.05) is 6.07 Å². The summed E-state index contributed by atoms with van der Waals surface area (Å²) in [7, 11) is 0. The SMILES string of the molecule is Cc1cnc([NH])c(C(=O)c2cccc(N3CCCNCC3)n2)c1. The molecule has 0 spiro atoms. The van der Waals surface area contributed by atoms with E-state index >= 15 is 0 Å². The molecule has 0 atom stereocenters. The van der Waals surface area contributed by atoms with Gasteiger partial charge in [0.1, 0.15) is 11.5 Å². The normalized spacial score (nSPS) is 15.3. The topological polar surface area (TPSA) is 81.9 Å². The Morgan fingerprint density at radius 1 is 1.30 bits per heavy atom. The van der Waals surface area contributed by atoms with Crippen LogP contribution < -0.4 is 16.0 Å². The molecule has 0 amide bonds. The zero-order valence-corrected chi connectivity index (χ0v) is 13.2. The highest BCUT2D eigenvalue weighted by molar-refractivity contribution is 6.10. The van der Waals surface area contributed by atoms with Crippen LogP contribution in [0.5, 0.6) is 0 Å². The molecule has 0 saturated carbocycles. The van der Waals surface area contributed by atoms with Gasteiger partial charge in [0, 0.05) is 25.8 Å².